The first kappa shape index (κ1) is 21.7. The molecule has 1 aliphatic heterocycles. The largest absolute Gasteiger partial charge is 0.458 e. The van der Waals surface area contributed by atoms with Crippen molar-refractivity contribution in [3.63, 3.8) is 0 Å². The number of benzene rings is 1. The number of ether oxygens (including phenoxy) is 1. The lowest BCUT2D eigenvalue weighted by atomic mass is 10.1. The van der Waals surface area contributed by atoms with Crippen LogP contribution in [0.3, 0.4) is 0 Å². The van der Waals surface area contributed by atoms with Gasteiger partial charge in [-0.3, -0.25) is 4.84 Å². The maximum absolute atomic E-state index is 13.0. The molecule has 1 N–H and O–H groups in total. The van der Waals surface area contributed by atoms with Gasteiger partial charge in [0.25, 0.3) is 0 Å². The number of esters is 1. The zero-order valence-corrected chi connectivity index (χ0v) is 18.8. The molecule has 8 heteroatoms. The first-order chi connectivity index (χ1) is 14.8. The lowest BCUT2D eigenvalue weighted by molar-refractivity contribution is -0.226. The van der Waals surface area contributed by atoms with Crippen molar-refractivity contribution in [3.05, 3.63) is 47.2 Å². The van der Waals surface area contributed by atoms with Gasteiger partial charge in [0.2, 0.25) is 6.10 Å². The van der Waals surface area contributed by atoms with E-state index in [4.69, 9.17) is 21.2 Å². The minimum Gasteiger partial charge on any atom is -0.458 e. The van der Waals surface area contributed by atoms with Crippen molar-refractivity contribution in [1.29, 1.82) is 0 Å². The minimum absolute atomic E-state index is 0.312. The van der Waals surface area contributed by atoms with Gasteiger partial charge in [-0.1, -0.05) is 48.4 Å². The van der Waals surface area contributed by atoms with Crippen LogP contribution in [0.15, 0.2) is 36.4 Å². The van der Waals surface area contributed by atoms with Crippen molar-refractivity contribution in [3.8, 4) is 11.4 Å². The lowest BCUT2D eigenvalue weighted by Crippen LogP contribution is -2.36. The van der Waals surface area contributed by atoms with Crippen LogP contribution in [0.2, 0.25) is 5.15 Å². The van der Waals surface area contributed by atoms with Gasteiger partial charge in [0.15, 0.2) is 5.82 Å². The van der Waals surface area contributed by atoms with E-state index in [0.717, 1.165) is 37.9 Å². The number of piperidine rings is 1. The van der Waals surface area contributed by atoms with E-state index in [0.29, 0.717) is 27.7 Å². The van der Waals surface area contributed by atoms with Crippen molar-refractivity contribution in [2.75, 3.05) is 13.1 Å². The second-order valence-corrected chi connectivity index (χ2v) is 9.06. The molecule has 4 rings (SSSR count). The van der Waals surface area contributed by atoms with E-state index in [2.05, 4.69) is 15.0 Å². The van der Waals surface area contributed by atoms with E-state index in [1.807, 2.05) is 56.2 Å². The van der Waals surface area contributed by atoms with Crippen LogP contribution in [-0.4, -0.2) is 44.7 Å². The predicted octanol–water partition coefficient (Wildman–Crippen LogP) is 5.08. The van der Waals surface area contributed by atoms with Crippen LogP contribution in [0.4, 0.5) is 0 Å². The molecule has 0 spiro atoms. The van der Waals surface area contributed by atoms with Crippen molar-refractivity contribution >= 4 is 28.6 Å². The summed E-state index contributed by atoms with van der Waals surface area (Å²) in [6.07, 6.45) is 2.29. The maximum atomic E-state index is 13.0. The number of fused-ring (bicyclic) bond motifs is 1. The summed E-state index contributed by atoms with van der Waals surface area (Å²) in [4.78, 5) is 31.4. The summed E-state index contributed by atoms with van der Waals surface area (Å²) in [7, 11) is 0. The smallest absolute Gasteiger partial charge is 0.344 e. The number of nitrogens with zero attached hydrogens (tertiary/aromatic N) is 3. The molecule has 1 atom stereocenters. The normalized spacial score (nSPS) is 16.4. The SMILES string of the molecule is CC(C)(C)OC(=O)C(ON1CCCCC1)c1cc2c(Cl)nc(-c3ccccc3)nc2[nH]1. The van der Waals surface area contributed by atoms with E-state index >= 15 is 0 Å². The number of nitrogens with one attached hydrogen (secondary N) is 1. The highest BCUT2D eigenvalue weighted by Gasteiger charge is 2.32. The van der Waals surface area contributed by atoms with Gasteiger partial charge in [0.1, 0.15) is 16.4 Å². The number of hydrogen-bond acceptors (Lipinski definition) is 6. The first-order valence-electron chi connectivity index (χ1n) is 10.6. The fourth-order valence-corrected chi connectivity index (χ4v) is 3.78. The number of aromatic nitrogens is 3. The number of rotatable bonds is 5. The van der Waals surface area contributed by atoms with Gasteiger partial charge in [-0.05, 0) is 39.7 Å². The van der Waals surface area contributed by atoms with Crippen LogP contribution in [0.25, 0.3) is 22.4 Å². The molecule has 7 nitrogen and oxygen atoms in total. The molecule has 0 aliphatic carbocycles. The molecule has 1 aliphatic rings. The molecule has 1 saturated heterocycles. The van der Waals surface area contributed by atoms with E-state index in [-0.39, 0.29) is 0 Å². The predicted molar refractivity (Wildman–Crippen MR) is 119 cm³/mol. The molecule has 1 aromatic carbocycles. The average Bonchev–Trinajstić information content (AvgIpc) is 3.16. The molecule has 3 heterocycles. The van der Waals surface area contributed by atoms with Crippen molar-refractivity contribution in [2.24, 2.45) is 0 Å². The summed E-state index contributed by atoms with van der Waals surface area (Å²) in [6, 6.07) is 11.4. The van der Waals surface area contributed by atoms with Gasteiger partial charge < -0.3 is 9.72 Å². The third kappa shape index (κ3) is 5.23. The number of carbonyl (C=O) groups excluding carboxylic acids is 1. The molecule has 0 bridgehead atoms. The highest BCUT2D eigenvalue weighted by Crippen LogP contribution is 2.30. The van der Waals surface area contributed by atoms with Gasteiger partial charge in [0.05, 0.1) is 11.1 Å². The minimum atomic E-state index is -0.942. The fourth-order valence-electron chi connectivity index (χ4n) is 3.55. The third-order valence-corrected chi connectivity index (χ3v) is 5.25. The standard InChI is InChI=1S/C23H27ClN4O3/c1-23(2,3)30-22(29)18(31-28-12-8-5-9-13-28)17-14-16-19(24)26-20(27-21(16)25-17)15-10-6-4-7-11-15/h4,6-7,10-11,14,18H,5,8-9,12-13H2,1-3H3,(H,25,26,27). The van der Waals surface area contributed by atoms with Crippen LogP contribution in [-0.2, 0) is 14.4 Å². The van der Waals surface area contributed by atoms with Gasteiger partial charge in [-0.15, -0.1) is 0 Å². The number of aromatic amines is 1. The Labute approximate surface area is 186 Å². The Morgan fingerprint density at radius 1 is 1.13 bits per heavy atom. The molecular formula is C23H27ClN4O3. The molecule has 31 heavy (non-hydrogen) atoms. The van der Waals surface area contributed by atoms with Gasteiger partial charge in [-0.2, -0.15) is 5.06 Å². The molecule has 3 aromatic rings. The van der Waals surface area contributed by atoms with Gasteiger partial charge in [0, 0.05) is 18.7 Å². The van der Waals surface area contributed by atoms with Crippen LogP contribution in [0.5, 0.6) is 0 Å². The Morgan fingerprint density at radius 3 is 2.52 bits per heavy atom. The summed E-state index contributed by atoms with van der Waals surface area (Å²) < 4.78 is 5.64. The summed E-state index contributed by atoms with van der Waals surface area (Å²) in [5, 5.41) is 2.78. The summed E-state index contributed by atoms with van der Waals surface area (Å²) in [5.41, 5.74) is 1.31. The monoisotopic (exact) mass is 442 g/mol. The Hall–Kier alpha value is -2.48. The van der Waals surface area contributed by atoms with Crippen molar-refractivity contribution in [1.82, 2.24) is 20.0 Å². The fraction of sp³-hybridized carbons (Fsp3) is 0.435. The Kier molecular flexibility index (Phi) is 6.27. The Bertz CT molecular complexity index is 1060. The first-order valence-corrected chi connectivity index (χ1v) is 10.9. The summed E-state index contributed by atoms with van der Waals surface area (Å²) in [5.74, 6) is 0.0502. The molecule has 2 aromatic heterocycles. The number of hydroxylamine groups is 2. The van der Waals surface area contributed by atoms with E-state index in [1.54, 1.807) is 6.07 Å². The van der Waals surface area contributed by atoms with Crippen LogP contribution in [0, 0.1) is 0 Å². The molecule has 1 fully saturated rings. The van der Waals surface area contributed by atoms with E-state index in [1.165, 1.54) is 0 Å². The third-order valence-electron chi connectivity index (χ3n) is 4.97. The van der Waals surface area contributed by atoms with Crippen LogP contribution in [0.1, 0.15) is 51.8 Å². The Balaban J connectivity index is 1.70. The number of carbonyl (C=O) groups is 1. The van der Waals surface area contributed by atoms with Gasteiger partial charge >= 0.3 is 5.97 Å². The van der Waals surface area contributed by atoms with E-state index in [9.17, 15) is 4.79 Å². The highest BCUT2D eigenvalue weighted by atomic mass is 35.5. The number of halogens is 1. The molecule has 164 valence electrons. The Morgan fingerprint density at radius 2 is 1.84 bits per heavy atom. The molecule has 0 amide bonds. The van der Waals surface area contributed by atoms with Gasteiger partial charge in [-0.25, -0.2) is 14.8 Å². The molecule has 1 unspecified atom stereocenters. The zero-order chi connectivity index (χ0) is 22.0. The molecule has 0 radical (unpaired) electrons. The summed E-state index contributed by atoms with van der Waals surface area (Å²) in [6.45, 7) is 7.06. The second-order valence-electron chi connectivity index (χ2n) is 8.70. The van der Waals surface area contributed by atoms with Crippen molar-refractivity contribution in [2.45, 2.75) is 51.7 Å². The average molecular weight is 443 g/mol. The highest BCUT2D eigenvalue weighted by molar-refractivity contribution is 6.34. The molecular weight excluding hydrogens is 416 g/mol. The zero-order valence-electron chi connectivity index (χ0n) is 18.0. The van der Waals surface area contributed by atoms with E-state index < -0.39 is 17.7 Å². The second kappa shape index (κ2) is 8.94. The topological polar surface area (TPSA) is 80.3 Å². The molecule has 0 saturated carbocycles. The van der Waals surface area contributed by atoms with Crippen LogP contribution >= 0.6 is 11.6 Å². The maximum Gasteiger partial charge on any atom is 0.344 e. The van der Waals surface area contributed by atoms with Crippen molar-refractivity contribution < 1.29 is 14.4 Å². The lowest BCUT2D eigenvalue weighted by Gasteiger charge is -2.30. The number of H-pyrrole nitrogens is 1. The summed E-state index contributed by atoms with van der Waals surface area (Å²) >= 11 is 6.47. The number of hydrogen-bond donors (Lipinski definition) is 1. The quantitative estimate of drug-likeness (QED) is 0.438. The van der Waals surface area contributed by atoms with Crippen LogP contribution < -0.4 is 0 Å².